The van der Waals surface area contributed by atoms with Crippen molar-refractivity contribution in [2.24, 2.45) is 5.73 Å². The molecule has 3 heteroatoms. The molecule has 1 unspecified atom stereocenters. The summed E-state index contributed by atoms with van der Waals surface area (Å²) in [6.45, 7) is 3.03. The van der Waals surface area contributed by atoms with Crippen molar-refractivity contribution >= 4 is 0 Å². The Morgan fingerprint density at radius 1 is 1.45 bits per heavy atom. The van der Waals surface area contributed by atoms with Gasteiger partial charge in [-0.15, -0.1) is 0 Å². The van der Waals surface area contributed by atoms with Gasteiger partial charge in [0, 0.05) is 0 Å². The van der Waals surface area contributed by atoms with Crippen molar-refractivity contribution in [3.05, 3.63) is 0 Å². The van der Waals surface area contributed by atoms with E-state index in [1.165, 1.54) is 19.3 Å². The smallest absolute Gasteiger partial charge is 0.145 e. The minimum Gasteiger partial charge on any atom is -0.304 e. The summed E-state index contributed by atoms with van der Waals surface area (Å²) < 4.78 is 0. The first-order valence-electron chi connectivity index (χ1n) is 4.19. The highest BCUT2D eigenvalue weighted by Gasteiger charge is 1.95. The van der Waals surface area contributed by atoms with E-state index in [9.17, 15) is 0 Å². The van der Waals surface area contributed by atoms with Crippen LogP contribution in [0.2, 0.25) is 0 Å². The van der Waals surface area contributed by atoms with E-state index >= 15 is 0 Å². The van der Waals surface area contributed by atoms with E-state index in [1.807, 2.05) is 6.07 Å². The lowest BCUT2D eigenvalue weighted by Crippen LogP contribution is -2.36. The van der Waals surface area contributed by atoms with Crippen LogP contribution < -0.4 is 11.1 Å². The predicted molar refractivity (Wildman–Crippen MR) is 45.7 cm³/mol. The molecule has 0 aromatic rings. The summed E-state index contributed by atoms with van der Waals surface area (Å²) in [7, 11) is 0. The number of nitrogens with zero attached hydrogens (tertiary/aromatic N) is 1. The van der Waals surface area contributed by atoms with Crippen LogP contribution in [0.5, 0.6) is 0 Å². The second kappa shape index (κ2) is 7.52. The minimum absolute atomic E-state index is 0.489. The molecule has 0 saturated carbocycles. The minimum atomic E-state index is -0.489. The average molecular weight is 155 g/mol. The van der Waals surface area contributed by atoms with Crippen LogP contribution in [0.15, 0.2) is 0 Å². The molecule has 3 N–H and O–H groups in total. The molecule has 11 heavy (non-hydrogen) atoms. The van der Waals surface area contributed by atoms with Gasteiger partial charge < -0.3 is 5.73 Å². The SMILES string of the molecule is CCCCCCNC(N)C#N. The van der Waals surface area contributed by atoms with Crippen LogP contribution in [0.3, 0.4) is 0 Å². The molecule has 0 amide bonds. The van der Waals surface area contributed by atoms with Crippen LogP contribution in [0.1, 0.15) is 32.6 Å². The maximum atomic E-state index is 8.30. The fourth-order valence-corrected chi connectivity index (χ4v) is 0.855. The largest absolute Gasteiger partial charge is 0.304 e. The quantitative estimate of drug-likeness (QED) is 0.443. The number of hydrogen-bond donors (Lipinski definition) is 2. The molecule has 0 heterocycles. The van der Waals surface area contributed by atoms with Crippen molar-refractivity contribution in [1.82, 2.24) is 5.32 Å². The standard InChI is InChI=1S/C8H17N3/c1-2-3-4-5-6-11-8(10)7-9/h8,11H,2-6,10H2,1H3. The van der Waals surface area contributed by atoms with E-state index < -0.39 is 6.17 Å². The molecular formula is C8H17N3. The molecule has 0 aromatic carbocycles. The Hall–Kier alpha value is -0.590. The molecule has 1 atom stereocenters. The van der Waals surface area contributed by atoms with Gasteiger partial charge in [0.2, 0.25) is 0 Å². The molecule has 0 fully saturated rings. The fourth-order valence-electron chi connectivity index (χ4n) is 0.855. The van der Waals surface area contributed by atoms with Crippen molar-refractivity contribution in [3.8, 4) is 6.07 Å². The maximum absolute atomic E-state index is 8.30. The summed E-state index contributed by atoms with van der Waals surface area (Å²) in [6, 6.07) is 1.92. The fraction of sp³-hybridized carbons (Fsp3) is 0.875. The number of rotatable bonds is 6. The molecule has 0 aliphatic heterocycles. The first-order valence-corrected chi connectivity index (χ1v) is 4.19. The van der Waals surface area contributed by atoms with Crippen molar-refractivity contribution in [1.29, 1.82) is 5.26 Å². The summed E-state index contributed by atoms with van der Waals surface area (Å²) in [4.78, 5) is 0. The number of nitrogens with two attached hydrogens (primary N) is 1. The van der Waals surface area contributed by atoms with E-state index in [1.54, 1.807) is 0 Å². The summed E-state index contributed by atoms with van der Waals surface area (Å²) in [5.74, 6) is 0. The maximum Gasteiger partial charge on any atom is 0.145 e. The van der Waals surface area contributed by atoms with Crippen LogP contribution in [-0.4, -0.2) is 12.7 Å². The van der Waals surface area contributed by atoms with E-state index in [-0.39, 0.29) is 0 Å². The zero-order valence-electron chi connectivity index (χ0n) is 7.14. The van der Waals surface area contributed by atoms with Gasteiger partial charge in [-0.25, -0.2) is 0 Å². The van der Waals surface area contributed by atoms with Gasteiger partial charge in [-0.05, 0) is 13.0 Å². The number of nitrogens with one attached hydrogen (secondary N) is 1. The Bertz CT molecular complexity index is 117. The molecule has 64 valence electrons. The molecular weight excluding hydrogens is 138 g/mol. The Morgan fingerprint density at radius 2 is 2.18 bits per heavy atom. The lowest BCUT2D eigenvalue weighted by Gasteiger charge is -2.04. The van der Waals surface area contributed by atoms with Gasteiger partial charge in [0.15, 0.2) is 0 Å². The number of hydrogen-bond acceptors (Lipinski definition) is 3. The van der Waals surface area contributed by atoms with Gasteiger partial charge in [0.25, 0.3) is 0 Å². The summed E-state index contributed by atoms with van der Waals surface area (Å²) in [6.07, 6.45) is 4.36. The van der Waals surface area contributed by atoms with Gasteiger partial charge in [-0.1, -0.05) is 26.2 Å². The first kappa shape index (κ1) is 10.4. The summed E-state index contributed by atoms with van der Waals surface area (Å²) in [5, 5.41) is 11.2. The van der Waals surface area contributed by atoms with Gasteiger partial charge in [-0.3, -0.25) is 5.32 Å². The number of unbranched alkanes of at least 4 members (excludes halogenated alkanes) is 3. The van der Waals surface area contributed by atoms with Gasteiger partial charge in [0.05, 0.1) is 6.07 Å². The highest BCUT2D eigenvalue weighted by atomic mass is 15.0. The Balaban J connectivity index is 2.97. The van der Waals surface area contributed by atoms with Gasteiger partial charge in [0.1, 0.15) is 6.17 Å². The molecule has 0 aliphatic carbocycles. The molecule has 3 nitrogen and oxygen atoms in total. The van der Waals surface area contributed by atoms with E-state index in [0.717, 1.165) is 13.0 Å². The summed E-state index contributed by atoms with van der Waals surface area (Å²) in [5.41, 5.74) is 5.32. The van der Waals surface area contributed by atoms with E-state index in [0.29, 0.717) is 0 Å². The Morgan fingerprint density at radius 3 is 2.73 bits per heavy atom. The lowest BCUT2D eigenvalue weighted by molar-refractivity contribution is 0.565. The molecule has 0 aliphatic rings. The first-order chi connectivity index (χ1) is 5.31. The predicted octanol–water partition coefficient (Wildman–Crippen LogP) is 0.965. The molecule has 0 radical (unpaired) electrons. The van der Waals surface area contributed by atoms with Crippen LogP contribution in [-0.2, 0) is 0 Å². The van der Waals surface area contributed by atoms with Crippen LogP contribution >= 0.6 is 0 Å². The van der Waals surface area contributed by atoms with Crippen LogP contribution in [0.25, 0.3) is 0 Å². The number of nitriles is 1. The van der Waals surface area contributed by atoms with Crippen LogP contribution in [0.4, 0.5) is 0 Å². The molecule has 0 aromatic heterocycles. The van der Waals surface area contributed by atoms with Crippen LogP contribution in [0, 0.1) is 11.3 Å². The second-order valence-electron chi connectivity index (χ2n) is 2.62. The normalized spacial score (nSPS) is 12.5. The third kappa shape index (κ3) is 7.31. The highest BCUT2D eigenvalue weighted by Crippen LogP contribution is 1.96. The summed E-state index contributed by atoms with van der Waals surface area (Å²) >= 11 is 0. The van der Waals surface area contributed by atoms with Gasteiger partial charge >= 0.3 is 0 Å². The molecule has 0 spiro atoms. The second-order valence-corrected chi connectivity index (χ2v) is 2.62. The third-order valence-electron chi connectivity index (χ3n) is 1.53. The topological polar surface area (TPSA) is 61.8 Å². The van der Waals surface area contributed by atoms with E-state index in [2.05, 4.69) is 12.2 Å². The zero-order chi connectivity index (χ0) is 8.53. The Kier molecular flexibility index (Phi) is 7.11. The van der Waals surface area contributed by atoms with Crippen molar-refractivity contribution in [3.63, 3.8) is 0 Å². The highest BCUT2D eigenvalue weighted by molar-refractivity contribution is 4.83. The molecule has 0 bridgehead atoms. The Labute approximate surface area is 68.6 Å². The third-order valence-corrected chi connectivity index (χ3v) is 1.53. The molecule has 0 saturated heterocycles. The van der Waals surface area contributed by atoms with E-state index in [4.69, 9.17) is 11.0 Å². The monoisotopic (exact) mass is 155 g/mol. The van der Waals surface area contributed by atoms with Crippen molar-refractivity contribution < 1.29 is 0 Å². The molecule has 0 rings (SSSR count). The van der Waals surface area contributed by atoms with Crippen molar-refractivity contribution in [2.75, 3.05) is 6.54 Å². The zero-order valence-corrected chi connectivity index (χ0v) is 7.14. The van der Waals surface area contributed by atoms with Gasteiger partial charge in [-0.2, -0.15) is 5.26 Å². The lowest BCUT2D eigenvalue weighted by atomic mass is 10.2. The van der Waals surface area contributed by atoms with Crippen molar-refractivity contribution in [2.45, 2.75) is 38.8 Å². The average Bonchev–Trinajstić information content (AvgIpc) is 2.04.